The van der Waals surface area contributed by atoms with Gasteiger partial charge in [0.2, 0.25) is 5.13 Å². The molecule has 0 amide bonds. The van der Waals surface area contributed by atoms with Crippen LogP contribution in [0.2, 0.25) is 0 Å². The SMILES string of the molecule is Cc1nnc(N[C@H](Cc2ccccc2)C(=O)O)s1. The molecular weight excluding hydrogens is 250 g/mol. The molecule has 2 rings (SSSR count). The number of aryl methyl sites for hydroxylation is 1. The van der Waals surface area contributed by atoms with E-state index in [1.807, 2.05) is 37.3 Å². The van der Waals surface area contributed by atoms with Crippen LogP contribution in [0.15, 0.2) is 30.3 Å². The summed E-state index contributed by atoms with van der Waals surface area (Å²) in [6.45, 7) is 1.83. The third-order valence-electron chi connectivity index (χ3n) is 2.40. The van der Waals surface area contributed by atoms with E-state index in [0.717, 1.165) is 10.6 Å². The van der Waals surface area contributed by atoms with Gasteiger partial charge in [-0.15, -0.1) is 10.2 Å². The second-order valence-corrected chi connectivity index (χ2v) is 5.03. The van der Waals surface area contributed by atoms with Crippen LogP contribution in [-0.2, 0) is 11.2 Å². The van der Waals surface area contributed by atoms with Gasteiger partial charge < -0.3 is 10.4 Å². The Morgan fingerprint density at radius 3 is 2.67 bits per heavy atom. The van der Waals surface area contributed by atoms with Gasteiger partial charge in [0.25, 0.3) is 0 Å². The molecule has 0 aliphatic heterocycles. The summed E-state index contributed by atoms with van der Waals surface area (Å²) in [6.07, 6.45) is 0.412. The van der Waals surface area contributed by atoms with Crippen LogP contribution in [0.25, 0.3) is 0 Å². The predicted octanol–water partition coefficient (Wildman–Crippen LogP) is 1.95. The lowest BCUT2D eigenvalue weighted by atomic mass is 10.1. The van der Waals surface area contributed by atoms with E-state index >= 15 is 0 Å². The van der Waals surface area contributed by atoms with Crippen LogP contribution < -0.4 is 5.32 Å². The highest BCUT2D eigenvalue weighted by atomic mass is 32.1. The quantitative estimate of drug-likeness (QED) is 0.862. The number of carboxylic acid groups (broad SMARTS) is 1. The summed E-state index contributed by atoms with van der Waals surface area (Å²) in [5.41, 5.74) is 0.971. The number of benzene rings is 1. The predicted molar refractivity (Wildman–Crippen MR) is 69.8 cm³/mol. The Labute approximate surface area is 109 Å². The van der Waals surface area contributed by atoms with Gasteiger partial charge in [0.1, 0.15) is 11.0 Å². The van der Waals surface area contributed by atoms with Gasteiger partial charge in [0, 0.05) is 6.42 Å². The zero-order valence-corrected chi connectivity index (χ0v) is 10.6. The summed E-state index contributed by atoms with van der Waals surface area (Å²) in [6, 6.07) is 8.80. The molecule has 0 radical (unpaired) electrons. The van der Waals surface area contributed by atoms with Crippen LogP contribution in [0, 0.1) is 6.92 Å². The third-order valence-corrected chi connectivity index (χ3v) is 3.17. The van der Waals surface area contributed by atoms with Gasteiger partial charge >= 0.3 is 5.97 Å². The van der Waals surface area contributed by atoms with Crippen molar-refractivity contribution in [2.45, 2.75) is 19.4 Å². The maximum Gasteiger partial charge on any atom is 0.326 e. The highest BCUT2D eigenvalue weighted by Gasteiger charge is 2.19. The zero-order chi connectivity index (χ0) is 13.0. The number of rotatable bonds is 5. The molecule has 0 spiro atoms. The smallest absolute Gasteiger partial charge is 0.326 e. The summed E-state index contributed by atoms with van der Waals surface area (Å²) >= 11 is 1.35. The number of hydrogen-bond acceptors (Lipinski definition) is 5. The van der Waals surface area contributed by atoms with E-state index in [1.165, 1.54) is 11.3 Å². The number of anilines is 1. The second-order valence-electron chi connectivity index (χ2n) is 3.85. The molecule has 18 heavy (non-hydrogen) atoms. The second kappa shape index (κ2) is 5.59. The lowest BCUT2D eigenvalue weighted by Gasteiger charge is -2.13. The molecule has 2 N–H and O–H groups in total. The van der Waals surface area contributed by atoms with Crippen molar-refractivity contribution < 1.29 is 9.90 Å². The molecule has 5 nitrogen and oxygen atoms in total. The first-order valence-corrected chi connectivity index (χ1v) is 6.30. The van der Waals surface area contributed by atoms with Crippen molar-refractivity contribution in [3.63, 3.8) is 0 Å². The molecule has 1 aromatic carbocycles. The highest BCUT2D eigenvalue weighted by molar-refractivity contribution is 7.15. The number of aromatic nitrogens is 2. The lowest BCUT2D eigenvalue weighted by molar-refractivity contribution is -0.137. The fraction of sp³-hybridized carbons (Fsp3) is 0.250. The third kappa shape index (κ3) is 3.27. The average Bonchev–Trinajstić information content (AvgIpc) is 2.75. The molecule has 6 heteroatoms. The van der Waals surface area contributed by atoms with Gasteiger partial charge in [-0.2, -0.15) is 0 Å². The van der Waals surface area contributed by atoms with Crippen molar-refractivity contribution in [1.29, 1.82) is 0 Å². The lowest BCUT2D eigenvalue weighted by Crippen LogP contribution is -2.31. The van der Waals surface area contributed by atoms with E-state index in [-0.39, 0.29) is 0 Å². The number of hydrogen-bond donors (Lipinski definition) is 2. The van der Waals surface area contributed by atoms with Gasteiger partial charge in [-0.1, -0.05) is 41.7 Å². The summed E-state index contributed by atoms with van der Waals surface area (Å²) in [4.78, 5) is 11.2. The first-order valence-electron chi connectivity index (χ1n) is 5.48. The van der Waals surface area contributed by atoms with Crippen molar-refractivity contribution in [3.8, 4) is 0 Å². The summed E-state index contributed by atoms with van der Waals surface area (Å²) in [7, 11) is 0. The van der Waals surface area contributed by atoms with Crippen molar-refractivity contribution in [3.05, 3.63) is 40.9 Å². The largest absolute Gasteiger partial charge is 0.480 e. The van der Waals surface area contributed by atoms with Crippen LogP contribution in [0.4, 0.5) is 5.13 Å². The maximum absolute atomic E-state index is 11.2. The molecule has 0 aliphatic rings. The topological polar surface area (TPSA) is 75.1 Å². The van der Waals surface area contributed by atoms with E-state index < -0.39 is 12.0 Å². The molecule has 0 bridgehead atoms. The molecule has 0 fully saturated rings. The van der Waals surface area contributed by atoms with Gasteiger partial charge in [0.05, 0.1) is 0 Å². The Hall–Kier alpha value is -1.95. The molecule has 0 saturated carbocycles. The zero-order valence-electron chi connectivity index (χ0n) is 9.83. The van der Waals surface area contributed by atoms with E-state index in [2.05, 4.69) is 15.5 Å². The number of carboxylic acids is 1. The van der Waals surface area contributed by atoms with E-state index in [1.54, 1.807) is 0 Å². The summed E-state index contributed by atoms with van der Waals surface area (Å²) < 4.78 is 0. The van der Waals surface area contributed by atoms with Gasteiger partial charge in [-0.25, -0.2) is 4.79 Å². The van der Waals surface area contributed by atoms with Crippen LogP contribution >= 0.6 is 11.3 Å². The van der Waals surface area contributed by atoms with Gasteiger partial charge in [-0.3, -0.25) is 0 Å². The van der Waals surface area contributed by atoms with Crippen LogP contribution in [-0.4, -0.2) is 27.3 Å². The standard InChI is InChI=1S/C12H13N3O2S/c1-8-14-15-12(18-8)13-10(11(16)17)7-9-5-3-2-4-6-9/h2-6,10H,7H2,1H3,(H,13,15)(H,16,17)/t10-/m1/s1. The molecule has 1 atom stereocenters. The number of aliphatic carboxylic acids is 1. The van der Waals surface area contributed by atoms with Crippen LogP contribution in [0.1, 0.15) is 10.6 Å². The molecule has 1 heterocycles. The van der Waals surface area contributed by atoms with E-state index in [9.17, 15) is 9.90 Å². The number of nitrogens with zero attached hydrogens (tertiary/aromatic N) is 2. The molecule has 0 unspecified atom stereocenters. The fourth-order valence-corrected chi connectivity index (χ4v) is 2.20. The first kappa shape index (κ1) is 12.5. The minimum atomic E-state index is -0.897. The average molecular weight is 263 g/mol. The van der Waals surface area contributed by atoms with Crippen molar-refractivity contribution >= 4 is 22.4 Å². The van der Waals surface area contributed by atoms with Crippen LogP contribution in [0.5, 0.6) is 0 Å². The minimum absolute atomic E-state index is 0.412. The van der Waals surface area contributed by atoms with Crippen molar-refractivity contribution in [1.82, 2.24) is 10.2 Å². The molecular formula is C12H13N3O2S. The minimum Gasteiger partial charge on any atom is -0.480 e. The number of carbonyl (C=O) groups is 1. The van der Waals surface area contributed by atoms with Crippen molar-refractivity contribution in [2.24, 2.45) is 0 Å². The van der Waals surface area contributed by atoms with Crippen molar-refractivity contribution in [2.75, 3.05) is 5.32 Å². The molecule has 1 aromatic heterocycles. The maximum atomic E-state index is 11.2. The Balaban J connectivity index is 2.07. The first-order chi connectivity index (χ1) is 8.65. The number of nitrogens with one attached hydrogen (secondary N) is 1. The Morgan fingerprint density at radius 2 is 2.11 bits per heavy atom. The molecule has 94 valence electrons. The summed E-state index contributed by atoms with van der Waals surface area (Å²) in [5.74, 6) is -0.897. The molecule has 0 aliphatic carbocycles. The van der Waals surface area contributed by atoms with E-state index in [0.29, 0.717) is 11.6 Å². The van der Waals surface area contributed by atoms with E-state index in [4.69, 9.17) is 0 Å². The van der Waals surface area contributed by atoms with Crippen LogP contribution in [0.3, 0.4) is 0 Å². The monoisotopic (exact) mass is 263 g/mol. The summed E-state index contributed by atoms with van der Waals surface area (Å²) in [5, 5.41) is 21.2. The highest BCUT2D eigenvalue weighted by Crippen LogP contribution is 2.16. The Kier molecular flexibility index (Phi) is 3.88. The Morgan fingerprint density at radius 1 is 1.39 bits per heavy atom. The molecule has 2 aromatic rings. The van der Waals surface area contributed by atoms with Gasteiger partial charge in [0.15, 0.2) is 0 Å². The van der Waals surface area contributed by atoms with Gasteiger partial charge in [-0.05, 0) is 12.5 Å². The Bertz CT molecular complexity index is 527. The fourth-order valence-electron chi connectivity index (χ4n) is 1.55. The molecule has 0 saturated heterocycles. The normalized spacial score (nSPS) is 12.1.